The van der Waals surface area contributed by atoms with E-state index in [4.69, 9.17) is 9.72 Å². The number of aromatic hydroxyl groups is 1. The first-order valence-electron chi connectivity index (χ1n) is 17.8. The van der Waals surface area contributed by atoms with Gasteiger partial charge in [0.25, 0.3) is 11.5 Å². The van der Waals surface area contributed by atoms with Crippen LogP contribution in [0.25, 0.3) is 11.4 Å². The summed E-state index contributed by atoms with van der Waals surface area (Å²) >= 11 is 0. The summed E-state index contributed by atoms with van der Waals surface area (Å²) < 4.78 is 48.1. The number of pyridine rings is 1. The number of rotatable bonds is 7. The van der Waals surface area contributed by atoms with Crippen LogP contribution < -0.4 is 15.8 Å². The summed E-state index contributed by atoms with van der Waals surface area (Å²) in [4.78, 5) is 67.5. The molecule has 0 unspecified atom stereocenters. The molecular weight excluding hydrogens is 723 g/mol. The van der Waals surface area contributed by atoms with Gasteiger partial charge in [0.05, 0.1) is 11.3 Å². The summed E-state index contributed by atoms with van der Waals surface area (Å²) in [5.74, 6) is -0.959. The number of aromatic nitrogens is 5. The van der Waals surface area contributed by atoms with Crippen LogP contribution in [-0.4, -0.2) is 102 Å². The van der Waals surface area contributed by atoms with E-state index in [1.165, 1.54) is 36.2 Å². The summed E-state index contributed by atoms with van der Waals surface area (Å²) in [5.41, 5.74) is -0.272. The summed E-state index contributed by atoms with van der Waals surface area (Å²) in [7, 11) is 0. The highest BCUT2D eigenvalue weighted by Gasteiger charge is 2.33. The maximum Gasteiger partial charge on any atom is 0.416 e. The fraction of sp³-hybridized carbons (Fsp3) is 0.432. The molecule has 0 bridgehead atoms. The molecular formula is C37H42F3N9O6. The smallest absolute Gasteiger partial charge is 0.416 e. The fourth-order valence-corrected chi connectivity index (χ4v) is 6.59. The molecule has 2 aliphatic rings. The van der Waals surface area contributed by atoms with Crippen LogP contribution in [0.3, 0.4) is 0 Å². The van der Waals surface area contributed by atoms with Crippen LogP contribution in [0.4, 0.5) is 29.3 Å². The van der Waals surface area contributed by atoms with Crippen molar-refractivity contribution < 1.29 is 37.4 Å². The van der Waals surface area contributed by atoms with Gasteiger partial charge in [-0.3, -0.25) is 14.4 Å². The van der Waals surface area contributed by atoms with Crippen molar-refractivity contribution in [3.05, 3.63) is 81.3 Å². The van der Waals surface area contributed by atoms with Crippen molar-refractivity contribution in [1.82, 2.24) is 33.9 Å². The molecule has 4 aromatic rings. The molecule has 1 aromatic carbocycles. The van der Waals surface area contributed by atoms with Gasteiger partial charge in [0, 0.05) is 51.2 Å². The van der Waals surface area contributed by atoms with Gasteiger partial charge in [0.1, 0.15) is 23.6 Å². The largest absolute Gasteiger partial charge is 0.505 e. The maximum absolute atomic E-state index is 14.3. The lowest BCUT2D eigenvalue weighted by Gasteiger charge is -2.36. The van der Waals surface area contributed by atoms with Crippen molar-refractivity contribution in [3.63, 3.8) is 0 Å². The number of halogens is 3. The van der Waals surface area contributed by atoms with Gasteiger partial charge in [-0.1, -0.05) is 13.0 Å². The van der Waals surface area contributed by atoms with Crippen molar-refractivity contribution in [3.8, 4) is 5.75 Å². The Morgan fingerprint density at radius 2 is 1.75 bits per heavy atom. The highest BCUT2D eigenvalue weighted by molar-refractivity contribution is 5.95. The Labute approximate surface area is 314 Å². The van der Waals surface area contributed by atoms with E-state index in [0.29, 0.717) is 24.2 Å². The summed E-state index contributed by atoms with van der Waals surface area (Å²) in [6, 6.07) is 5.93. The van der Waals surface area contributed by atoms with Crippen molar-refractivity contribution in [2.45, 2.75) is 65.8 Å². The molecule has 2 aliphatic heterocycles. The number of alkyl halides is 3. The van der Waals surface area contributed by atoms with Gasteiger partial charge in [-0.2, -0.15) is 22.7 Å². The van der Waals surface area contributed by atoms with Gasteiger partial charge in [-0.15, -0.1) is 5.10 Å². The number of ether oxygens (including phenoxy) is 1. The third-order valence-corrected chi connectivity index (χ3v) is 9.31. The third kappa shape index (κ3) is 8.27. The predicted molar refractivity (Wildman–Crippen MR) is 196 cm³/mol. The van der Waals surface area contributed by atoms with Crippen molar-refractivity contribution >= 4 is 40.6 Å². The number of aryl methyl sites for hydroxylation is 1. The number of hydrogen-bond donors (Lipinski definition) is 2. The van der Waals surface area contributed by atoms with Crippen LogP contribution in [0.5, 0.6) is 5.75 Å². The normalized spacial score (nSPS) is 15.3. The SMILES string of the molecule is CCc1c(N2CCN(C(=O)c3ncccc3O)CC2)c(=O)n2nc(C3=CCN(C(=O)OC(C)(C)C)CC3)nc2n1CC(=O)Nc1ccc(C(F)(F)F)cc1C. The Balaban J connectivity index is 1.34. The topological polar surface area (TPSA) is 168 Å². The van der Waals surface area contributed by atoms with Crippen molar-refractivity contribution in [2.24, 2.45) is 0 Å². The lowest BCUT2D eigenvalue weighted by Crippen LogP contribution is -2.51. The summed E-state index contributed by atoms with van der Waals surface area (Å²) in [6.07, 6.45) is -1.16. The van der Waals surface area contributed by atoms with E-state index in [9.17, 15) is 37.5 Å². The Morgan fingerprint density at radius 3 is 2.35 bits per heavy atom. The van der Waals surface area contributed by atoms with E-state index >= 15 is 0 Å². The zero-order valence-corrected chi connectivity index (χ0v) is 31.1. The highest BCUT2D eigenvalue weighted by atomic mass is 19.4. The highest BCUT2D eigenvalue weighted by Crippen LogP contribution is 2.32. The second-order valence-corrected chi connectivity index (χ2v) is 14.3. The van der Waals surface area contributed by atoms with E-state index in [1.807, 2.05) is 11.8 Å². The summed E-state index contributed by atoms with van der Waals surface area (Å²) in [5, 5.41) is 17.5. The van der Waals surface area contributed by atoms with Crippen LogP contribution in [-0.2, 0) is 28.7 Å². The Bertz CT molecular complexity index is 2230. The van der Waals surface area contributed by atoms with Gasteiger partial charge in [0.2, 0.25) is 11.7 Å². The van der Waals surface area contributed by atoms with Crippen LogP contribution in [0.2, 0.25) is 0 Å². The minimum absolute atomic E-state index is 0.0785. The van der Waals surface area contributed by atoms with Gasteiger partial charge < -0.3 is 34.4 Å². The molecule has 55 heavy (non-hydrogen) atoms. The monoisotopic (exact) mass is 765 g/mol. The number of fused-ring (bicyclic) bond motifs is 1. The number of nitrogens with zero attached hydrogens (tertiary/aromatic N) is 8. The van der Waals surface area contributed by atoms with Gasteiger partial charge >= 0.3 is 12.3 Å². The molecule has 1 fully saturated rings. The third-order valence-electron chi connectivity index (χ3n) is 9.31. The standard InChI is InChI=1S/C37H42F3N9O6/c1-6-26-30(45-16-18-46(19-17-45)32(52)29-27(50)8-7-13-41-29)33(53)49-34(43-31(44-49)23-11-14-47(15-12-23)35(54)55-36(3,4)5)48(26)21-28(51)42-25-10-9-24(20-22(25)2)37(38,39)40/h7-11,13,20,50H,6,12,14-19,21H2,1-5H3,(H,42,51). The van der Waals surface area contributed by atoms with E-state index < -0.39 is 40.8 Å². The molecule has 2 N–H and O–H groups in total. The fourth-order valence-electron chi connectivity index (χ4n) is 6.59. The molecule has 6 rings (SSSR count). The number of piperazine rings is 1. The first-order valence-corrected chi connectivity index (χ1v) is 17.8. The second-order valence-electron chi connectivity index (χ2n) is 14.3. The molecule has 18 heteroatoms. The van der Waals surface area contributed by atoms with Gasteiger partial charge in [-0.05, 0) is 82.0 Å². The van der Waals surface area contributed by atoms with Crippen molar-refractivity contribution in [2.75, 3.05) is 49.5 Å². The van der Waals surface area contributed by atoms with Gasteiger partial charge in [0.15, 0.2) is 11.5 Å². The zero-order chi connectivity index (χ0) is 39.8. The lowest BCUT2D eigenvalue weighted by atomic mass is 10.1. The van der Waals surface area contributed by atoms with E-state index in [1.54, 1.807) is 36.3 Å². The van der Waals surface area contributed by atoms with Crippen molar-refractivity contribution in [1.29, 1.82) is 0 Å². The average molecular weight is 766 g/mol. The molecule has 0 atom stereocenters. The average Bonchev–Trinajstić information content (AvgIpc) is 3.59. The number of nitrogens with one attached hydrogen (secondary N) is 1. The molecule has 0 saturated carbocycles. The molecule has 3 amide bonds. The number of carbonyl (C=O) groups is 3. The number of carbonyl (C=O) groups excluding carboxylic acids is 3. The van der Waals surface area contributed by atoms with Gasteiger partial charge in [-0.25, -0.2) is 9.78 Å². The Hall–Kier alpha value is -5.94. The molecule has 0 spiro atoms. The Morgan fingerprint density at radius 1 is 1.02 bits per heavy atom. The molecule has 292 valence electrons. The first kappa shape index (κ1) is 38.8. The molecule has 0 radical (unpaired) electrons. The minimum atomic E-state index is -4.55. The zero-order valence-electron chi connectivity index (χ0n) is 31.1. The molecule has 3 aromatic heterocycles. The number of hydrogen-bond acceptors (Lipinski definition) is 10. The predicted octanol–water partition coefficient (Wildman–Crippen LogP) is 4.51. The van der Waals surface area contributed by atoms with E-state index in [-0.39, 0.29) is 85.7 Å². The number of anilines is 2. The number of benzene rings is 1. The lowest BCUT2D eigenvalue weighted by molar-refractivity contribution is -0.137. The van der Waals surface area contributed by atoms with E-state index in [2.05, 4.69) is 15.4 Å². The van der Waals surface area contributed by atoms with E-state index in [0.717, 1.165) is 16.6 Å². The molecule has 0 aliphatic carbocycles. The minimum Gasteiger partial charge on any atom is -0.505 e. The Kier molecular flexibility index (Phi) is 10.6. The van der Waals surface area contributed by atoms with Crippen LogP contribution in [0.1, 0.15) is 67.2 Å². The first-order chi connectivity index (χ1) is 25.9. The van der Waals surface area contributed by atoms with Crippen LogP contribution >= 0.6 is 0 Å². The maximum atomic E-state index is 14.3. The summed E-state index contributed by atoms with van der Waals surface area (Å²) in [6.45, 7) is 9.68. The van der Waals surface area contributed by atoms with Crippen LogP contribution in [0.15, 0.2) is 47.4 Å². The molecule has 15 nitrogen and oxygen atoms in total. The quantitative estimate of drug-likeness (QED) is 0.273. The molecule has 5 heterocycles. The number of amides is 3. The van der Waals surface area contributed by atoms with Crippen LogP contribution in [0, 0.1) is 6.92 Å². The second kappa shape index (κ2) is 15.1. The molecule has 1 saturated heterocycles.